The lowest BCUT2D eigenvalue weighted by atomic mass is 10.3. The van der Waals surface area contributed by atoms with Crippen molar-refractivity contribution in [1.82, 2.24) is 18.7 Å². The van der Waals surface area contributed by atoms with E-state index in [4.69, 9.17) is 4.74 Å². The van der Waals surface area contributed by atoms with Gasteiger partial charge in [-0.25, -0.2) is 9.78 Å². The summed E-state index contributed by atoms with van der Waals surface area (Å²) in [6.07, 6.45) is 0. The minimum Gasteiger partial charge on any atom is -0.465 e. The highest BCUT2D eigenvalue weighted by atomic mass is 32.2. The molecule has 9 nitrogen and oxygen atoms in total. The van der Waals surface area contributed by atoms with Crippen molar-refractivity contribution in [2.24, 2.45) is 7.05 Å². The fourth-order valence-electron chi connectivity index (χ4n) is 2.89. The van der Waals surface area contributed by atoms with Crippen molar-refractivity contribution in [2.75, 3.05) is 23.9 Å². The Morgan fingerprint density at radius 2 is 2.04 bits per heavy atom. The van der Waals surface area contributed by atoms with E-state index < -0.39 is 22.0 Å². The van der Waals surface area contributed by atoms with E-state index in [1.165, 1.54) is 4.57 Å². The molecule has 0 spiro atoms. The van der Waals surface area contributed by atoms with Crippen molar-refractivity contribution in [3.8, 4) is 0 Å². The highest BCUT2D eigenvalue weighted by Crippen LogP contribution is 2.30. The van der Waals surface area contributed by atoms with Crippen LogP contribution >= 0.6 is 11.8 Å². The lowest BCUT2D eigenvalue weighted by Gasteiger charge is -2.28. The molecule has 0 radical (unpaired) electrons. The summed E-state index contributed by atoms with van der Waals surface area (Å²) in [5.74, 6) is 0.510. The van der Waals surface area contributed by atoms with Crippen LogP contribution in [0.5, 0.6) is 0 Å². The molecule has 3 heterocycles. The summed E-state index contributed by atoms with van der Waals surface area (Å²) in [7, 11) is 0.638. The standard InChI is InChI=1S/C15H20N4O5S2/c1-4-18-13(21)11-12(17(3)15(18)22)16-14(25-6-10(20)24-5-2)19(11)9-7-26(23)8-9/h9H,4-8H2,1-3H3. The van der Waals surface area contributed by atoms with Gasteiger partial charge >= 0.3 is 11.7 Å². The van der Waals surface area contributed by atoms with Crippen molar-refractivity contribution in [3.63, 3.8) is 0 Å². The summed E-state index contributed by atoms with van der Waals surface area (Å²) in [6, 6.07) is -0.138. The van der Waals surface area contributed by atoms with Gasteiger partial charge in [-0.15, -0.1) is 0 Å². The number of ether oxygens (including phenoxy) is 1. The van der Waals surface area contributed by atoms with E-state index in [-0.39, 0.29) is 36.6 Å². The van der Waals surface area contributed by atoms with Gasteiger partial charge in [-0.3, -0.25) is 22.9 Å². The number of hydrogen-bond donors (Lipinski definition) is 0. The quantitative estimate of drug-likeness (QED) is 0.491. The topological polar surface area (TPSA) is 105 Å². The normalized spacial score (nSPS) is 19.5. The number of carbonyl (C=O) groups is 1. The van der Waals surface area contributed by atoms with Crippen LogP contribution in [-0.2, 0) is 33.9 Å². The molecule has 0 amide bonds. The SMILES string of the molecule is CCOC(=O)CSc1nc2c(c(=O)n(CC)c(=O)n2C)n1C1CS(=O)C1. The van der Waals surface area contributed by atoms with Gasteiger partial charge in [0.25, 0.3) is 5.56 Å². The Labute approximate surface area is 155 Å². The van der Waals surface area contributed by atoms with Crippen LogP contribution in [-0.4, -0.2) is 52.7 Å². The first-order valence-corrected chi connectivity index (χ1v) is 10.7. The Kier molecular flexibility index (Phi) is 5.37. The molecule has 1 fully saturated rings. The van der Waals surface area contributed by atoms with E-state index in [1.54, 1.807) is 25.5 Å². The summed E-state index contributed by atoms with van der Waals surface area (Å²) >= 11 is 1.15. The molecule has 0 atom stereocenters. The molecule has 1 aliphatic rings. The van der Waals surface area contributed by atoms with Gasteiger partial charge in [0.2, 0.25) is 0 Å². The first-order chi connectivity index (χ1) is 12.4. The Bertz CT molecular complexity index is 998. The molecule has 0 N–H and O–H groups in total. The first kappa shape index (κ1) is 18.9. The summed E-state index contributed by atoms with van der Waals surface area (Å²) < 4.78 is 20.7. The number of esters is 1. The van der Waals surface area contributed by atoms with Crippen LogP contribution in [0.4, 0.5) is 0 Å². The third-order valence-corrected chi connectivity index (χ3v) is 6.65. The first-order valence-electron chi connectivity index (χ1n) is 8.24. The molecular weight excluding hydrogens is 380 g/mol. The molecule has 0 aromatic carbocycles. The van der Waals surface area contributed by atoms with E-state index in [1.807, 2.05) is 0 Å². The summed E-state index contributed by atoms with van der Waals surface area (Å²) in [4.78, 5) is 41.3. The van der Waals surface area contributed by atoms with Crippen LogP contribution in [0.15, 0.2) is 14.7 Å². The minimum absolute atomic E-state index is 0.0445. The van der Waals surface area contributed by atoms with Crippen LogP contribution in [0.3, 0.4) is 0 Å². The zero-order valence-electron chi connectivity index (χ0n) is 14.8. The number of rotatable bonds is 6. The zero-order valence-corrected chi connectivity index (χ0v) is 16.4. The molecule has 2 aromatic rings. The molecule has 11 heteroatoms. The molecule has 1 aliphatic heterocycles. The van der Waals surface area contributed by atoms with E-state index in [2.05, 4.69) is 4.98 Å². The van der Waals surface area contributed by atoms with Gasteiger partial charge in [-0.05, 0) is 13.8 Å². The average Bonchev–Trinajstić information content (AvgIpc) is 2.95. The van der Waals surface area contributed by atoms with Crippen LogP contribution < -0.4 is 11.2 Å². The van der Waals surface area contributed by atoms with Crippen molar-refractivity contribution in [1.29, 1.82) is 0 Å². The highest BCUT2D eigenvalue weighted by molar-refractivity contribution is 7.99. The molecule has 2 aromatic heterocycles. The monoisotopic (exact) mass is 400 g/mol. The van der Waals surface area contributed by atoms with Crippen LogP contribution in [0.2, 0.25) is 0 Å². The molecule has 0 aliphatic carbocycles. The van der Waals surface area contributed by atoms with Gasteiger partial charge in [-0.2, -0.15) is 0 Å². The maximum absolute atomic E-state index is 12.8. The number of nitrogens with zero attached hydrogens (tertiary/aromatic N) is 4. The minimum atomic E-state index is -0.924. The number of thioether (sulfide) groups is 1. The molecule has 142 valence electrons. The van der Waals surface area contributed by atoms with Gasteiger partial charge in [0.05, 0.1) is 18.4 Å². The van der Waals surface area contributed by atoms with Crippen molar-refractivity contribution in [3.05, 3.63) is 20.8 Å². The van der Waals surface area contributed by atoms with Gasteiger partial charge in [0.1, 0.15) is 0 Å². The van der Waals surface area contributed by atoms with Crippen molar-refractivity contribution in [2.45, 2.75) is 31.6 Å². The number of fused-ring (bicyclic) bond motifs is 1. The van der Waals surface area contributed by atoms with Crippen molar-refractivity contribution >= 4 is 39.7 Å². The van der Waals surface area contributed by atoms with E-state index in [0.29, 0.717) is 22.2 Å². The summed E-state index contributed by atoms with van der Waals surface area (Å²) in [6.45, 7) is 3.98. The molecule has 3 rings (SSSR count). The predicted molar refractivity (Wildman–Crippen MR) is 99.2 cm³/mol. The smallest absolute Gasteiger partial charge is 0.332 e. The van der Waals surface area contributed by atoms with Crippen LogP contribution in [0.25, 0.3) is 11.2 Å². The summed E-state index contributed by atoms with van der Waals surface area (Å²) in [5, 5.41) is 0.454. The zero-order chi connectivity index (χ0) is 19.0. The largest absolute Gasteiger partial charge is 0.465 e. The van der Waals surface area contributed by atoms with Crippen LogP contribution in [0, 0.1) is 0 Å². The molecule has 0 bridgehead atoms. The fraction of sp³-hybridized carbons (Fsp3) is 0.600. The second-order valence-electron chi connectivity index (χ2n) is 5.85. The van der Waals surface area contributed by atoms with E-state index in [0.717, 1.165) is 16.3 Å². The highest BCUT2D eigenvalue weighted by Gasteiger charge is 2.33. The molecule has 1 saturated heterocycles. The molecule has 0 saturated carbocycles. The Morgan fingerprint density at radius 1 is 1.35 bits per heavy atom. The number of hydrogen-bond acceptors (Lipinski definition) is 7. The van der Waals surface area contributed by atoms with E-state index >= 15 is 0 Å². The number of aromatic nitrogens is 4. The Morgan fingerprint density at radius 3 is 2.62 bits per heavy atom. The Hall–Kier alpha value is -1.88. The molecular formula is C15H20N4O5S2. The lowest BCUT2D eigenvalue weighted by molar-refractivity contribution is -0.139. The second kappa shape index (κ2) is 7.39. The maximum atomic E-state index is 12.8. The van der Waals surface area contributed by atoms with Gasteiger partial charge < -0.3 is 9.30 Å². The lowest BCUT2D eigenvalue weighted by Crippen LogP contribution is -2.41. The van der Waals surface area contributed by atoms with Crippen LogP contribution in [0.1, 0.15) is 19.9 Å². The third kappa shape index (κ3) is 3.13. The third-order valence-electron chi connectivity index (χ3n) is 4.21. The molecule has 26 heavy (non-hydrogen) atoms. The number of carbonyl (C=O) groups excluding carboxylic acids is 1. The van der Waals surface area contributed by atoms with Gasteiger partial charge in [-0.1, -0.05) is 11.8 Å². The second-order valence-corrected chi connectivity index (χ2v) is 8.34. The fourth-order valence-corrected chi connectivity index (χ4v) is 4.81. The Balaban J connectivity index is 2.16. The van der Waals surface area contributed by atoms with Crippen molar-refractivity contribution < 1.29 is 13.7 Å². The average molecular weight is 400 g/mol. The van der Waals surface area contributed by atoms with Gasteiger partial charge in [0.15, 0.2) is 16.3 Å². The predicted octanol–water partition coefficient (Wildman–Crippen LogP) is -0.125. The molecule has 0 unspecified atom stereocenters. The van der Waals surface area contributed by atoms with Gasteiger partial charge in [0, 0.05) is 35.9 Å². The maximum Gasteiger partial charge on any atom is 0.332 e. The number of imidazole rings is 1. The summed E-state index contributed by atoms with van der Waals surface area (Å²) in [5.41, 5.74) is -0.275. The van der Waals surface area contributed by atoms with E-state index in [9.17, 15) is 18.6 Å². The number of aryl methyl sites for hydroxylation is 1.